The first kappa shape index (κ1) is 16.4. The second-order valence-electron chi connectivity index (χ2n) is 6.32. The highest BCUT2D eigenvalue weighted by molar-refractivity contribution is 5.86. The topological polar surface area (TPSA) is 47.6 Å². The number of aryl methyl sites for hydroxylation is 2. The van der Waals surface area contributed by atoms with Gasteiger partial charge in [0.05, 0.1) is 12.8 Å². The molecular weight excluding hydrogens is 302 g/mol. The third-order valence-electron chi connectivity index (χ3n) is 4.35. The Bertz CT molecular complexity index is 751. The predicted octanol–water partition coefficient (Wildman–Crippen LogP) is 4.94. The van der Waals surface area contributed by atoms with Crippen molar-refractivity contribution in [2.45, 2.75) is 39.2 Å². The minimum atomic E-state index is -0.462. The summed E-state index contributed by atoms with van der Waals surface area (Å²) in [5.74, 6) is 1.44. The van der Waals surface area contributed by atoms with Crippen molar-refractivity contribution in [3.63, 3.8) is 0 Å². The zero-order valence-corrected chi connectivity index (χ0v) is 14.4. The molecule has 1 fully saturated rings. The van der Waals surface area contributed by atoms with E-state index in [1.54, 1.807) is 0 Å². The highest BCUT2D eigenvalue weighted by Gasteiger charge is 2.27. The minimum Gasteiger partial charge on any atom is -0.489 e. The molecule has 0 aromatic heterocycles. The molecule has 1 aliphatic rings. The molecule has 1 amide bonds. The molecule has 2 aromatic rings. The van der Waals surface area contributed by atoms with Crippen LogP contribution in [0.4, 0.5) is 10.5 Å². The first-order valence-corrected chi connectivity index (χ1v) is 8.25. The summed E-state index contributed by atoms with van der Waals surface area (Å²) in [4.78, 5) is 11.6. The molecule has 4 nitrogen and oxygen atoms in total. The number of carbonyl (C=O) groups is 1. The molecule has 0 saturated heterocycles. The van der Waals surface area contributed by atoms with Gasteiger partial charge in [-0.2, -0.15) is 0 Å². The molecular formula is C20H23NO3. The van der Waals surface area contributed by atoms with Crippen molar-refractivity contribution in [3.05, 3.63) is 58.7 Å². The van der Waals surface area contributed by atoms with Crippen LogP contribution in [-0.2, 0) is 11.3 Å². The third-order valence-corrected chi connectivity index (χ3v) is 4.35. The third kappa shape index (κ3) is 3.70. The van der Waals surface area contributed by atoms with E-state index in [2.05, 4.69) is 24.4 Å². The average molecular weight is 325 g/mol. The second-order valence-corrected chi connectivity index (χ2v) is 6.32. The summed E-state index contributed by atoms with van der Waals surface area (Å²) in [6.45, 7) is 4.54. The molecule has 0 spiro atoms. The van der Waals surface area contributed by atoms with Gasteiger partial charge in [0.1, 0.15) is 12.4 Å². The predicted molar refractivity (Wildman–Crippen MR) is 94.7 cm³/mol. The van der Waals surface area contributed by atoms with E-state index < -0.39 is 6.09 Å². The molecule has 0 unspecified atom stereocenters. The maximum Gasteiger partial charge on any atom is 0.411 e. The van der Waals surface area contributed by atoms with Crippen LogP contribution < -0.4 is 10.1 Å². The monoisotopic (exact) mass is 325 g/mol. The van der Waals surface area contributed by atoms with Crippen LogP contribution in [0.1, 0.15) is 41.0 Å². The fourth-order valence-electron chi connectivity index (χ4n) is 2.93. The van der Waals surface area contributed by atoms with E-state index in [9.17, 15) is 4.79 Å². The van der Waals surface area contributed by atoms with Crippen molar-refractivity contribution in [1.29, 1.82) is 0 Å². The second kappa shape index (κ2) is 6.95. The quantitative estimate of drug-likeness (QED) is 0.847. The van der Waals surface area contributed by atoms with Gasteiger partial charge in [-0.05, 0) is 55.9 Å². The first-order chi connectivity index (χ1) is 11.6. The number of methoxy groups -OCH3 is 1. The van der Waals surface area contributed by atoms with Crippen LogP contribution in [0, 0.1) is 13.8 Å². The zero-order chi connectivity index (χ0) is 17.1. The average Bonchev–Trinajstić information content (AvgIpc) is 3.39. The van der Waals surface area contributed by atoms with Gasteiger partial charge in [-0.25, -0.2) is 4.79 Å². The van der Waals surface area contributed by atoms with E-state index in [1.165, 1.54) is 31.1 Å². The Hall–Kier alpha value is -2.49. The summed E-state index contributed by atoms with van der Waals surface area (Å²) in [6, 6.07) is 12.1. The van der Waals surface area contributed by atoms with E-state index in [-0.39, 0.29) is 0 Å². The summed E-state index contributed by atoms with van der Waals surface area (Å²) in [6.07, 6.45) is 1.92. The number of nitrogens with one attached hydrogen (secondary N) is 1. The molecule has 3 rings (SSSR count). The van der Waals surface area contributed by atoms with Gasteiger partial charge in [-0.3, -0.25) is 5.32 Å². The summed E-state index contributed by atoms with van der Waals surface area (Å²) in [7, 11) is 1.37. The number of hydrogen-bond donors (Lipinski definition) is 1. The van der Waals surface area contributed by atoms with Crippen LogP contribution >= 0.6 is 0 Å². The van der Waals surface area contributed by atoms with Gasteiger partial charge in [0.25, 0.3) is 0 Å². The summed E-state index contributed by atoms with van der Waals surface area (Å²) in [5, 5.41) is 2.80. The van der Waals surface area contributed by atoms with Crippen LogP contribution in [0.25, 0.3) is 0 Å². The molecule has 1 aliphatic carbocycles. The highest BCUT2D eigenvalue weighted by atomic mass is 16.5. The van der Waals surface area contributed by atoms with E-state index >= 15 is 0 Å². The molecule has 24 heavy (non-hydrogen) atoms. The number of carbonyl (C=O) groups excluding carboxylic acids is 1. The fourth-order valence-corrected chi connectivity index (χ4v) is 2.93. The Morgan fingerprint density at radius 1 is 1.21 bits per heavy atom. The maximum atomic E-state index is 11.6. The molecule has 126 valence electrons. The number of rotatable bonds is 5. The van der Waals surface area contributed by atoms with Gasteiger partial charge >= 0.3 is 6.09 Å². The van der Waals surface area contributed by atoms with Gasteiger partial charge in [-0.15, -0.1) is 0 Å². The van der Waals surface area contributed by atoms with Gasteiger partial charge in [-0.1, -0.05) is 29.8 Å². The van der Waals surface area contributed by atoms with Gasteiger partial charge in [0, 0.05) is 5.56 Å². The summed E-state index contributed by atoms with van der Waals surface area (Å²) >= 11 is 0. The Morgan fingerprint density at radius 3 is 2.67 bits per heavy atom. The van der Waals surface area contributed by atoms with Crippen molar-refractivity contribution < 1.29 is 14.3 Å². The first-order valence-electron chi connectivity index (χ1n) is 8.25. The molecule has 4 heteroatoms. The standard InChI is InChI=1S/C20H23NO3/c1-13-7-10-19(14(2)11-13)24-12-17-16(15-8-9-15)5-4-6-18(17)21-20(22)23-3/h4-7,10-11,15H,8-9,12H2,1-3H3,(H,21,22). The maximum absolute atomic E-state index is 11.6. The summed E-state index contributed by atoms with van der Waals surface area (Å²) < 4.78 is 10.8. The van der Waals surface area contributed by atoms with E-state index in [1.807, 2.05) is 31.2 Å². The lowest BCUT2D eigenvalue weighted by Gasteiger charge is -2.17. The molecule has 2 aromatic carbocycles. The highest BCUT2D eigenvalue weighted by Crippen LogP contribution is 2.43. The normalized spacial score (nSPS) is 13.5. The number of ether oxygens (including phenoxy) is 2. The van der Waals surface area contributed by atoms with Crippen LogP contribution in [-0.4, -0.2) is 13.2 Å². The smallest absolute Gasteiger partial charge is 0.411 e. The van der Waals surface area contributed by atoms with Gasteiger partial charge < -0.3 is 9.47 Å². The molecule has 0 radical (unpaired) electrons. The summed E-state index contributed by atoms with van der Waals surface area (Å²) in [5.41, 5.74) is 5.38. The van der Waals surface area contributed by atoms with E-state index in [0.717, 1.165) is 22.6 Å². The largest absolute Gasteiger partial charge is 0.489 e. The molecule has 0 heterocycles. The number of benzene rings is 2. The Morgan fingerprint density at radius 2 is 2.00 bits per heavy atom. The minimum absolute atomic E-state index is 0.426. The Kier molecular flexibility index (Phi) is 4.74. The Balaban J connectivity index is 1.85. The molecule has 1 N–H and O–H groups in total. The van der Waals surface area contributed by atoms with Gasteiger partial charge in [0.15, 0.2) is 0 Å². The molecule has 0 atom stereocenters. The number of anilines is 1. The Labute approximate surface area is 142 Å². The van der Waals surface area contributed by atoms with Crippen molar-refractivity contribution in [2.75, 3.05) is 12.4 Å². The SMILES string of the molecule is COC(=O)Nc1cccc(C2CC2)c1COc1ccc(C)cc1C. The number of hydrogen-bond acceptors (Lipinski definition) is 3. The van der Waals surface area contributed by atoms with Crippen LogP contribution in [0.2, 0.25) is 0 Å². The van der Waals surface area contributed by atoms with Crippen molar-refractivity contribution in [1.82, 2.24) is 0 Å². The fraction of sp³-hybridized carbons (Fsp3) is 0.350. The van der Waals surface area contributed by atoms with Gasteiger partial charge in [0.2, 0.25) is 0 Å². The van der Waals surface area contributed by atoms with E-state index in [0.29, 0.717) is 12.5 Å². The lowest BCUT2D eigenvalue weighted by molar-refractivity contribution is 0.187. The van der Waals surface area contributed by atoms with Crippen molar-refractivity contribution >= 4 is 11.8 Å². The molecule has 1 saturated carbocycles. The number of amides is 1. The zero-order valence-electron chi connectivity index (χ0n) is 14.4. The van der Waals surface area contributed by atoms with Crippen LogP contribution in [0.3, 0.4) is 0 Å². The lowest BCUT2D eigenvalue weighted by Crippen LogP contribution is -2.14. The molecule has 0 bridgehead atoms. The van der Waals surface area contributed by atoms with E-state index in [4.69, 9.17) is 9.47 Å². The molecule has 0 aliphatic heterocycles. The van der Waals surface area contributed by atoms with Crippen LogP contribution in [0.15, 0.2) is 36.4 Å². The van der Waals surface area contributed by atoms with Crippen LogP contribution in [0.5, 0.6) is 5.75 Å². The van der Waals surface area contributed by atoms with Crippen molar-refractivity contribution in [2.24, 2.45) is 0 Å². The lowest BCUT2D eigenvalue weighted by atomic mass is 10.0. The van der Waals surface area contributed by atoms with Crippen molar-refractivity contribution in [3.8, 4) is 5.75 Å².